The molecule has 1 aromatic heterocycles. The summed E-state index contributed by atoms with van der Waals surface area (Å²) in [6, 6.07) is 3.94. The van der Waals surface area contributed by atoms with E-state index in [2.05, 4.69) is 27.8 Å². The molecule has 0 aromatic carbocycles. The molecule has 2 N–H and O–H groups in total. The van der Waals surface area contributed by atoms with Crippen LogP contribution in [0.2, 0.25) is 0 Å². The van der Waals surface area contributed by atoms with Crippen LogP contribution in [0.5, 0.6) is 0 Å². The highest BCUT2D eigenvalue weighted by molar-refractivity contribution is 9.10. The Morgan fingerprint density at radius 2 is 2.50 bits per heavy atom. The summed E-state index contributed by atoms with van der Waals surface area (Å²) in [7, 11) is 0. The highest BCUT2D eigenvalue weighted by Gasteiger charge is 2.53. The van der Waals surface area contributed by atoms with E-state index >= 15 is 0 Å². The predicted octanol–water partition coefficient (Wildman–Crippen LogP) is 2.82. The van der Waals surface area contributed by atoms with Crippen molar-refractivity contribution in [3.8, 4) is 0 Å². The molecule has 0 bridgehead atoms. The zero-order valence-corrected chi connectivity index (χ0v) is 9.92. The van der Waals surface area contributed by atoms with Gasteiger partial charge in [-0.3, -0.25) is 4.98 Å². The lowest BCUT2D eigenvalue weighted by Crippen LogP contribution is -2.24. The summed E-state index contributed by atoms with van der Waals surface area (Å²) in [6.45, 7) is 2.20. The molecular weight excluding hydrogens is 240 g/mol. The number of nitrogens with zero attached hydrogens (tertiary/aromatic N) is 1. The lowest BCUT2D eigenvalue weighted by atomic mass is 10.1. The Morgan fingerprint density at radius 1 is 1.71 bits per heavy atom. The molecule has 14 heavy (non-hydrogen) atoms. The Labute approximate surface area is 93.0 Å². The smallest absolute Gasteiger partial charge is 0.0747 e. The summed E-state index contributed by atoms with van der Waals surface area (Å²) in [5.74, 6) is 0.624. The summed E-state index contributed by atoms with van der Waals surface area (Å²) < 4.78 is 1.04. The van der Waals surface area contributed by atoms with Crippen molar-refractivity contribution in [1.29, 1.82) is 0 Å². The van der Waals surface area contributed by atoms with E-state index in [9.17, 15) is 0 Å². The molecule has 2 unspecified atom stereocenters. The van der Waals surface area contributed by atoms with Crippen molar-refractivity contribution < 1.29 is 0 Å². The van der Waals surface area contributed by atoms with Crippen molar-refractivity contribution in [1.82, 2.24) is 4.98 Å². The van der Waals surface area contributed by atoms with Gasteiger partial charge in [0.2, 0.25) is 0 Å². The lowest BCUT2D eigenvalue weighted by molar-refractivity contribution is 0.568. The number of halogens is 1. The third-order valence-corrected chi connectivity index (χ3v) is 3.63. The number of hydrogen-bond donors (Lipinski definition) is 1. The summed E-state index contributed by atoms with van der Waals surface area (Å²) in [5.41, 5.74) is 7.18. The van der Waals surface area contributed by atoms with E-state index < -0.39 is 0 Å². The molecule has 1 aliphatic rings. The average Bonchev–Trinajstić information content (AvgIpc) is 2.79. The van der Waals surface area contributed by atoms with Gasteiger partial charge in [0.25, 0.3) is 0 Å². The van der Waals surface area contributed by atoms with Crippen LogP contribution in [0, 0.1) is 5.92 Å². The fourth-order valence-electron chi connectivity index (χ4n) is 2.08. The van der Waals surface area contributed by atoms with Crippen LogP contribution in [0.3, 0.4) is 0 Å². The van der Waals surface area contributed by atoms with Crippen LogP contribution in [-0.4, -0.2) is 4.98 Å². The van der Waals surface area contributed by atoms with Crippen molar-refractivity contribution >= 4 is 15.9 Å². The molecule has 0 amide bonds. The molecule has 1 saturated carbocycles. The molecule has 3 heteroatoms. The first-order valence-electron chi connectivity index (χ1n) is 5.08. The second-order valence-electron chi connectivity index (χ2n) is 4.06. The third kappa shape index (κ3) is 1.59. The molecule has 1 fully saturated rings. The van der Waals surface area contributed by atoms with E-state index in [-0.39, 0.29) is 5.54 Å². The number of hydrogen-bond acceptors (Lipinski definition) is 2. The SMILES string of the molecule is CCCC1CC1(N)c1ncccc1Br. The van der Waals surface area contributed by atoms with Gasteiger partial charge >= 0.3 is 0 Å². The number of aromatic nitrogens is 1. The van der Waals surface area contributed by atoms with Crippen LogP contribution in [0.4, 0.5) is 0 Å². The van der Waals surface area contributed by atoms with Crippen LogP contribution >= 0.6 is 15.9 Å². The van der Waals surface area contributed by atoms with Crippen LogP contribution < -0.4 is 5.73 Å². The topological polar surface area (TPSA) is 38.9 Å². The van der Waals surface area contributed by atoms with Gasteiger partial charge in [-0.1, -0.05) is 13.3 Å². The molecule has 0 spiro atoms. The minimum absolute atomic E-state index is 0.157. The van der Waals surface area contributed by atoms with Crippen molar-refractivity contribution in [3.05, 3.63) is 28.5 Å². The van der Waals surface area contributed by atoms with Crippen LogP contribution in [0.1, 0.15) is 31.9 Å². The maximum Gasteiger partial charge on any atom is 0.0747 e. The van der Waals surface area contributed by atoms with Gasteiger partial charge in [-0.2, -0.15) is 0 Å². The van der Waals surface area contributed by atoms with Crippen LogP contribution in [0.15, 0.2) is 22.8 Å². The van der Waals surface area contributed by atoms with E-state index in [1.807, 2.05) is 18.3 Å². The second kappa shape index (κ2) is 3.63. The zero-order valence-electron chi connectivity index (χ0n) is 8.33. The van der Waals surface area contributed by atoms with E-state index in [4.69, 9.17) is 5.73 Å². The molecule has 1 heterocycles. The number of nitrogens with two attached hydrogens (primary N) is 1. The quantitative estimate of drug-likeness (QED) is 0.901. The Bertz CT molecular complexity index is 340. The molecule has 0 saturated heterocycles. The monoisotopic (exact) mass is 254 g/mol. The highest BCUT2D eigenvalue weighted by Crippen LogP contribution is 2.52. The first kappa shape index (κ1) is 10.1. The fraction of sp³-hybridized carbons (Fsp3) is 0.545. The van der Waals surface area contributed by atoms with Gasteiger partial charge in [0.15, 0.2) is 0 Å². The molecule has 2 rings (SSSR count). The Balaban J connectivity index is 2.21. The highest BCUT2D eigenvalue weighted by atomic mass is 79.9. The fourth-order valence-corrected chi connectivity index (χ4v) is 2.70. The summed E-state index contributed by atoms with van der Waals surface area (Å²) >= 11 is 3.51. The summed E-state index contributed by atoms with van der Waals surface area (Å²) in [4.78, 5) is 4.37. The average molecular weight is 255 g/mol. The standard InChI is InChI=1S/C11H15BrN2/c1-2-4-8-7-11(8,13)10-9(12)5-3-6-14-10/h3,5-6,8H,2,4,7,13H2,1H3. The third-order valence-electron chi connectivity index (χ3n) is 2.99. The maximum atomic E-state index is 6.31. The van der Waals surface area contributed by atoms with Crippen molar-refractivity contribution in [2.24, 2.45) is 11.7 Å². The van der Waals surface area contributed by atoms with Gasteiger partial charge in [0, 0.05) is 10.7 Å². The second-order valence-corrected chi connectivity index (χ2v) is 4.92. The predicted molar refractivity (Wildman–Crippen MR) is 60.8 cm³/mol. The molecular formula is C11H15BrN2. The van der Waals surface area contributed by atoms with E-state index in [1.165, 1.54) is 12.8 Å². The van der Waals surface area contributed by atoms with Crippen molar-refractivity contribution in [2.45, 2.75) is 31.7 Å². The van der Waals surface area contributed by atoms with Gasteiger partial charge in [0.05, 0.1) is 11.2 Å². The van der Waals surface area contributed by atoms with E-state index in [0.717, 1.165) is 16.6 Å². The molecule has 2 nitrogen and oxygen atoms in total. The molecule has 0 aliphatic heterocycles. The lowest BCUT2D eigenvalue weighted by Gasteiger charge is -2.12. The maximum absolute atomic E-state index is 6.31. The van der Waals surface area contributed by atoms with E-state index in [1.54, 1.807) is 0 Å². The molecule has 2 atom stereocenters. The number of rotatable bonds is 3. The Morgan fingerprint density at radius 3 is 3.14 bits per heavy atom. The van der Waals surface area contributed by atoms with Gasteiger partial charge in [0.1, 0.15) is 0 Å². The normalized spacial score (nSPS) is 30.4. The van der Waals surface area contributed by atoms with Gasteiger partial charge in [-0.15, -0.1) is 0 Å². The first-order valence-corrected chi connectivity index (χ1v) is 5.87. The van der Waals surface area contributed by atoms with E-state index in [0.29, 0.717) is 5.92 Å². The van der Waals surface area contributed by atoms with Crippen LogP contribution in [-0.2, 0) is 5.54 Å². The Hall–Kier alpha value is -0.410. The first-order chi connectivity index (χ1) is 6.68. The Kier molecular flexibility index (Phi) is 2.62. The summed E-state index contributed by atoms with van der Waals surface area (Å²) in [6.07, 6.45) is 5.31. The number of pyridine rings is 1. The molecule has 0 radical (unpaired) electrons. The van der Waals surface area contributed by atoms with Crippen LogP contribution in [0.25, 0.3) is 0 Å². The minimum atomic E-state index is -0.157. The molecule has 76 valence electrons. The van der Waals surface area contributed by atoms with Gasteiger partial charge in [-0.25, -0.2) is 0 Å². The summed E-state index contributed by atoms with van der Waals surface area (Å²) in [5, 5.41) is 0. The minimum Gasteiger partial charge on any atom is -0.320 e. The largest absolute Gasteiger partial charge is 0.320 e. The molecule has 1 aliphatic carbocycles. The van der Waals surface area contributed by atoms with Crippen molar-refractivity contribution in [2.75, 3.05) is 0 Å². The zero-order chi connectivity index (χ0) is 10.2. The van der Waals surface area contributed by atoms with Gasteiger partial charge < -0.3 is 5.73 Å². The molecule has 1 aromatic rings. The van der Waals surface area contributed by atoms with Gasteiger partial charge in [-0.05, 0) is 46.8 Å². The van der Waals surface area contributed by atoms with Crippen molar-refractivity contribution in [3.63, 3.8) is 0 Å².